The summed E-state index contributed by atoms with van der Waals surface area (Å²) in [6.07, 6.45) is 2.57. The van der Waals surface area contributed by atoms with E-state index < -0.39 is 0 Å². The van der Waals surface area contributed by atoms with Crippen LogP contribution in [-0.4, -0.2) is 31.9 Å². The summed E-state index contributed by atoms with van der Waals surface area (Å²) in [6.45, 7) is 9.30. The summed E-state index contributed by atoms with van der Waals surface area (Å²) in [5, 5.41) is 0. The fourth-order valence-electron chi connectivity index (χ4n) is 2.57. The maximum atomic E-state index is 11.8. The molecule has 0 heterocycles. The number of rotatable bonds is 10. The van der Waals surface area contributed by atoms with Crippen LogP contribution in [0.15, 0.2) is 11.3 Å². The number of hydrogen-bond donors (Lipinski definition) is 0. The Morgan fingerprint density at radius 2 is 1.52 bits per heavy atom. The van der Waals surface area contributed by atoms with Gasteiger partial charge in [0.25, 0.3) is 0 Å². The van der Waals surface area contributed by atoms with Crippen molar-refractivity contribution in [1.29, 1.82) is 0 Å². The van der Waals surface area contributed by atoms with Crippen LogP contribution in [0.5, 0.6) is 0 Å². The Morgan fingerprint density at radius 3 is 1.86 bits per heavy atom. The second-order valence-electron chi connectivity index (χ2n) is 6.16. The fraction of sp³-hybridized carbons (Fsp3) is 0.765. The molecular formula is C17H30O4. The molecule has 2 atom stereocenters. The van der Waals surface area contributed by atoms with Crippen LogP contribution in [0.2, 0.25) is 0 Å². The van der Waals surface area contributed by atoms with Crippen LogP contribution in [0, 0.1) is 11.8 Å². The normalized spacial score (nSPS) is 15.4. The largest absolute Gasteiger partial charge is 0.493 e. The van der Waals surface area contributed by atoms with Gasteiger partial charge in [0.15, 0.2) is 17.3 Å². The minimum atomic E-state index is -0.208. The molecule has 2 unspecified atom stereocenters. The van der Waals surface area contributed by atoms with Gasteiger partial charge in [0.1, 0.15) is 0 Å². The van der Waals surface area contributed by atoms with Crippen LogP contribution in [0.25, 0.3) is 0 Å². The summed E-state index contributed by atoms with van der Waals surface area (Å²) < 4.78 is 10.6. The Labute approximate surface area is 128 Å². The lowest BCUT2D eigenvalue weighted by Gasteiger charge is -2.22. The molecule has 21 heavy (non-hydrogen) atoms. The van der Waals surface area contributed by atoms with Crippen molar-refractivity contribution < 1.29 is 19.1 Å². The molecule has 0 saturated carbocycles. The molecule has 0 aliphatic heterocycles. The molecule has 0 radical (unpaired) electrons. The predicted octanol–water partition coefficient (Wildman–Crippen LogP) is 3.54. The van der Waals surface area contributed by atoms with Crippen molar-refractivity contribution in [3.8, 4) is 0 Å². The van der Waals surface area contributed by atoms with E-state index in [-0.39, 0.29) is 29.3 Å². The number of Topliss-reactive ketones (excluding diaryl/α,β-unsaturated/α-hetero) is 2. The molecular weight excluding hydrogens is 268 g/mol. The van der Waals surface area contributed by atoms with Crippen molar-refractivity contribution in [2.24, 2.45) is 11.8 Å². The zero-order valence-corrected chi connectivity index (χ0v) is 14.5. The third kappa shape index (κ3) is 7.42. The Balaban J connectivity index is 4.95. The summed E-state index contributed by atoms with van der Waals surface area (Å²) >= 11 is 0. The molecule has 4 nitrogen and oxygen atoms in total. The van der Waals surface area contributed by atoms with Crippen molar-refractivity contribution >= 4 is 11.6 Å². The van der Waals surface area contributed by atoms with E-state index >= 15 is 0 Å². The molecule has 0 aromatic carbocycles. The molecule has 4 heteroatoms. The van der Waals surface area contributed by atoms with E-state index in [1.54, 1.807) is 7.11 Å². The molecule has 0 fully saturated rings. The van der Waals surface area contributed by atoms with Gasteiger partial charge >= 0.3 is 0 Å². The quantitative estimate of drug-likeness (QED) is 0.457. The third-order valence-corrected chi connectivity index (χ3v) is 3.51. The van der Waals surface area contributed by atoms with E-state index in [0.717, 1.165) is 12.8 Å². The number of carbonyl (C=O) groups excluding carboxylic acids is 2. The van der Waals surface area contributed by atoms with E-state index in [1.807, 2.05) is 0 Å². The maximum Gasteiger partial charge on any atom is 0.194 e. The van der Waals surface area contributed by atoms with Crippen molar-refractivity contribution in [2.75, 3.05) is 14.2 Å². The van der Waals surface area contributed by atoms with Gasteiger partial charge < -0.3 is 9.47 Å². The second-order valence-corrected chi connectivity index (χ2v) is 6.16. The van der Waals surface area contributed by atoms with Gasteiger partial charge in [0.2, 0.25) is 0 Å². The highest BCUT2D eigenvalue weighted by Gasteiger charge is 2.21. The highest BCUT2D eigenvalue weighted by atomic mass is 16.5. The molecule has 0 saturated heterocycles. The average Bonchev–Trinajstić information content (AvgIpc) is 2.36. The Bertz CT molecular complexity index is 382. The summed E-state index contributed by atoms with van der Waals surface area (Å²) in [5.41, 5.74) is 0.483. The molecule has 0 bridgehead atoms. The lowest BCUT2D eigenvalue weighted by molar-refractivity contribution is -0.118. The Kier molecular flexibility index (Phi) is 9.18. The third-order valence-electron chi connectivity index (χ3n) is 3.51. The van der Waals surface area contributed by atoms with Gasteiger partial charge in [0.05, 0.1) is 13.2 Å². The monoisotopic (exact) mass is 298 g/mol. The zero-order chi connectivity index (χ0) is 16.6. The number of carbonyl (C=O) groups is 2. The molecule has 122 valence electrons. The molecule has 0 amide bonds. The second kappa shape index (κ2) is 9.72. The first-order chi connectivity index (χ1) is 9.72. The standard InChI is InChI=1S/C17H30O4/c1-11(2)8-15(20-6)9-12(3)10-16(13(4)18)17(21-7)14(5)19/h11-12,15H,8-10H2,1-7H3. The first-order valence-corrected chi connectivity index (χ1v) is 7.54. The average molecular weight is 298 g/mol. The lowest BCUT2D eigenvalue weighted by atomic mass is 9.90. The van der Waals surface area contributed by atoms with Crippen molar-refractivity contribution in [2.45, 2.75) is 60.0 Å². The first-order valence-electron chi connectivity index (χ1n) is 7.54. The molecule has 0 aromatic rings. The summed E-state index contributed by atoms with van der Waals surface area (Å²) in [6, 6.07) is 0. The van der Waals surface area contributed by atoms with Gasteiger partial charge in [0, 0.05) is 19.6 Å². The molecule has 0 aromatic heterocycles. The van der Waals surface area contributed by atoms with Gasteiger partial charge in [-0.25, -0.2) is 0 Å². The number of allylic oxidation sites excluding steroid dienone is 2. The van der Waals surface area contributed by atoms with Crippen LogP contribution in [0.1, 0.15) is 53.9 Å². The smallest absolute Gasteiger partial charge is 0.194 e. The van der Waals surface area contributed by atoms with E-state index in [2.05, 4.69) is 20.8 Å². The molecule has 0 spiro atoms. The van der Waals surface area contributed by atoms with Crippen LogP contribution < -0.4 is 0 Å². The molecule has 0 aliphatic rings. The van der Waals surface area contributed by atoms with Gasteiger partial charge in [-0.1, -0.05) is 20.8 Å². The molecule has 0 rings (SSSR count). The van der Waals surface area contributed by atoms with Crippen LogP contribution >= 0.6 is 0 Å². The van der Waals surface area contributed by atoms with Gasteiger partial charge in [-0.2, -0.15) is 0 Å². The molecule has 0 N–H and O–H groups in total. The van der Waals surface area contributed by atoms with E-state index in [4.69, 9.17) is 9.47 Å². The Morgan fingerprint density at radius 1 is 0.952 bits per heavy atom. The maximum absolute atomic E-state index is 11.8. The summed E-state index contributed by atoms with van der Waals surface area (Å²) in [5.74, 6) is 0.688. The Hall–Kier alpha value is -1.16. The van der Waals surface area contributed by atoms with Crippen LogP contribution in [0.3, 0.4) is 0 Å². The number of ether oxygens (including phenoxy) is 2. The highest BCUT2D eigenvalue weighted by molar-refractivity contribution is 6.03. The lowest BCUT2D eigenvalue weighted by Crippen LogP contribution is -2.19. The number of ketones is 2. The first kappa shape index (κ1) is 19.8. The highest BCUT2D eigenvalue weighted by Crippen LogP contribution is 2.24. The van der Waals surface area contributed by atoms with E-state index in [1.165, 1.54) is 21.0 Å². The van der Waals surface area contributed by atoms with Gasteiger partial charge in [-0.05, 0) is 38.0 Å². The summed E-state index contributed by atoms with van der Waals surface area (Å²) in [7, 11) is 3.15. The summed E-state index contributed by atoms with van der Waals surface area (Å²) in [4.78, 5) is 23.4. The fourth-order valence-corrected chi connectivity index (χ4v) is 2.57. The van der Waals surface area contributed by atoms with E-state index in [0.29, 0.717) is 17.9 Å². The van der Waals surface area contributed by atoms with E-state index in [9.17, 15) is 9.59 Å². The zero-order valence-electron chi connectivity index (χ0n) is 14.5. The topological polar surface area (TPSA) is 52.6 Å². The minimum Gasteiger partial charge on any atom is -0.493 e. The number of methoxy groups -OCH3 is 2. The number of hydrogen-bond acceptors (Lipinski definition) is 4. The van der Waals surface area contributed by atoms with Gasteiger partial charge in [-0.3, -0.25) is 9.59 Å². The van der Waals surface area contributed by atoms with Crippen LogP contribution in [0.4, 0.5) is 0 Å². The van der Waals surface area contributed by atoms with Crippen molar-refractivity contribution in [3.63, 3.8) is 0 Å². The minimum absolute atomic E-state index is 0.105. The van der Waals surface area contributed by atoms with Crippen LogP contribution in [-0.2, 0) is 19.1 Å². The predicted molar refractivity (Wildman–Crippen MR) is 84.0 cm³/mol. The SMILES string of the molecule is COC(C(C)=O)=C(CC(C)CC(CC(C)C)OC)C(C)=O. The van der Waals surface area contributed by atoms with Crippen molar-refractivity contribution in [1.82, 2.24) is 0 Å². The van der Waals surface area contributed by atoms with Crippen molar-refractivity contribution in [3.05, 3.63) is 11.3 Å². The van der Waals surface area contributed by atoms with Gasteiger partial charge in [-0.15, -0.1) is 0 Å². The molecule has 0 aliphatic carbocycles.